The van der Waals surface area contributed by atoms with Crippen LogP contribution in [0.5, 0.6) is 0 Å². The van der Waals surface area contributed by atoms with Crippen molar-refractivity contribution in [3.63, 3.8) is 0 Å². The van der Waals surface area contributed by atoms with Crippen LogP contribution in [0.2, 0.25) is 5.02 Å². The number of halogens is 4. The van der Waals surface area contributed by atoms with E-state index >= 15 is 0 Å². The maximum Gasteiger partial charge on any atom is 0.490 e. The number of nitrogens with zero attached hydrogens (tertiary/aromatic N) is 5. The Morgan fingerprint density at radius 1 is 1.22 bits per heavy atom. The fourth-order valence-electron chi connectivity index (χ4n) is 2.43. The van der Waals surface area contributed by atoms with Gasteiger partial charge in [-0.15, -0.1) is 0 Å². The number of H-pyrrole nitrogens is 1. The summed E-state index contributed by atoms with van der Waals surface area (Å²) in [7, 11) is 0. The largest absolute Gasteiger partial charge is 0.490 e. The number of aromatic nitrogens is 6. The van der Waals surface area contributed by atoms with Crippen molar-refractivity contribution in [2.45, 2.75) is 26.4 Å². The van der Waals surface area contributed by atoms with Crippen molar-refractivity contribution in [1.29, 1.82) is 0 Å². The summed E-state index contributed by atoms with van der Waals surface area (Å²) in [4.78, 5) is 33.6. The topological polar surface area (TPSA) is 139 Å². The van der Waals surface area contributed by atoms with E-state index in [0.29, 0.717) is 34.0 Å². The molecule has 3 heterocycles. The maximum atomic E-state index is 11.9. The van der Waals surface area contributed by atoms with Crippen molar-refractivity contribution in [2.24, 2.45) is 0 Å². The van der Waals surface area contributed by atoms with E-state index in [-0.39, 0.29) is 12.0 Å². The molecule has 4 aromatic rings. The van der Waals surface area contributed by atoms with Gasteiger partial charge in [-0.25, -0.2) is 9.78 Å². The van der Waals surface area contributed by atoms with Gasteiger partial charge in [0.1, 0.15) is 5.82 Å². The van der Waals surface area contributed by atoms with Crippen LogP contribution in [-0.4, -0.2) is 47.0 Å². The Labute approximate surface area is 181 Å². The van der Waals surface area contributed by atoms with Gasteiger partial charge in [0.15, 0.2) is 0 Å². The zero-order valence-corrected chi connectivity index (χ0v) is 17.2. The van der Waals surface area contributed by atoms with E-state index in [4.69, 9.17) is 26.0 Å². The number of benzene rings is 1. The number of alkyl halides is 3. The standard InChI is InChI=1S/C16H13ClN6O2.C2HF3O2/c1-8-3-4-10(6-11(8)17)15-20-13(25-22-15)7-12-19-16-18-9(2)5-14(24)23(16)21-12;3-2(4,5)1(6)7/h3-6H,7H2,1-2H3,(H,18,19,21);(H,6,7). The third-order valence-corrected chi connectivity index (χ3v) is 4.37. The van der Waals surface area contributed by atoms with Gasteiger partial charge in [0.2, 0.25) is 11.7 Å². The monoisotopic (exact) mass is 470 g/mol. The van der Waals surface area contributed by atoms with Crippen LogP contribution in [0.25, 0.3) is 17.2 Å². The fourth-order valence-corrected chi connectivity index (χ4v) is 2.62. The average Bonchev–Trinajstić information content (AvgIpc) is 3.31. The third kappa shape index (κ3) is 5.29. The molecule has 0 saturated heterocycles. The van der Waals surface area contributed by atoms with Crippen molar-refractivity contribution >= 4 is 23.3 Å². The number of carboxylic acid groups (broad SMARTS) is 1. The van der Waals surface area contributed by atoms with Crippen molar-refractivity contribution in [2.75, 3.05) is 0 Å². The Morgan fingerprint density at radius 2 is 1.91 bits per heavy atom. The molecule has 2 N–H and O–H groups in total. The molecule has 0 aliphatic rings. The van der Waals surface area contributed by atoms with Gasteiger partial charge < -0.3 is 9.63 Å². The molecule has 14 heteroatoms. The molecule has 0 amide bonds. The van der Waals surface area contributed by atoms with Crippen LogP contribution in [0.1, 0.15) is 23.0 Å². The maximum absolute atomic E-state index is 11.9. The summed E-state index contributed by atoms with van der Waals surface area (Å²) < 4.78 is 38.3. The number of aryl methyl sites for hydroxylation is 2. The van der Waals surface area contributed by atoms with Gasteiger partial charge in [-0.05, 0) is 25.5 Å². The highest BCUT2D eigenvalue weighted by Crippen LogP contribution is 2.23. The Hall–Kier alpha value is -3.74. The summed E-state index contributed by atoms with van der Waals surface area (Å²) in [6.45, 7) is 3.67. The van der Waals surface area contributed by atoms with Gasteiger partial charge >= 0.3 is 12.1 Å². The van der Waals surface area contributed by atoms with E-state index in [1.807, 2.05) is 19.1 Å². The first-order chi connectivity index (χ1) is 14.9. The van der Waals surface area contributed by atoms with Crippen molar-refractivity contribution < 1.29 is 27.6 Å². The lowest BCUT2D eigenvalue weighted by molar-refractivity contribution is -0.192. The molecule has 1 aromatic carbocycles. The molecule has 3 aromatic heterocycles. The minimum atomic E-state index is -5.08. The molecule has 0 aliphatic heterocycles. The van der Waals surface area contributed by atoms with Crippen molar-refractivity contribution in [1.82, 2.24) is 29.7 Å². The van der Waals surface area contributed by atoms with Gasteiger partial charge in [-0.1, -0.05) is 28.9 Å². The summed E-state index contributed by atoms with van der Waals surface area (Å²) in [5.41, 5.74) is 2.13. The van der Waals surface area contributed by atoms with Gasteiger partial charge in [0.05, 0.1) is 6.42 Å². The predicted molar refractivity (Wildman–Crippen MR) is 104 cm³/mol. The van der Waals surface area contributed by atoms with Crippen LogP contribution in [0.3, 0.4) is 0 Å². The highest BCUT2D eigenvalue weighted by atomic mass is 35.5. The van der Waals surface area contributed by atoms with Crippen LogP contribution in [0.15, 0.2) is 33.6 Å². The van der Waals surface area contributed by atoms with E-state index in [0.717, 1.165) is 11.1 Å². The summed E-state index contributed by atoms with van der Waals surface area (Å²) in [5.74, 6) is -1.13. The number of fused-ring (bicyclic) bond motifs is 1. The molecule has 0 radical (unpaired) electrons. The molecule has 168 valence electrons. The molecular weight excluding hydrogens is 457 g/mol. The number of carboxylic acids is 1. The molecule has 0 aliphatic carbocycles. The Kier molecular flexibility index (Phi) is 6.30. The smallest absolute Gasteiger partial charge is 0.475 e. The van der Waals surface area contributed by atoms with E-state index < -0.39 is 12.1 Å². The van der Waals surface area contributed by atoms with E-state index in [1.54, 1.807) is 13.0 Å². The first-order valence-electron chi connectivity index (χ1n) is 8.78. The van der Waals surface area contributed by atoms with Gasteiger partial charge in [0.25, 0.3) is 11.3 Å². The minimum absolute atomic E-state index is 0.221. The molecule has 10 nitrogen and oxygen atoms in total. The molecule has 4 rings (SSSR count). The number of rotatable bonds is 3. The lowest BCUT2D eigenvalue weighted by atomic mass is 10.1. The normalized spacial score (nSPS) is 11.3. The Morgan fingerprint density at radius 3 is 2.53 bits per heavy atom. The van der Waals surface area contributed by atoms with Crippen LogP contribution in [0.4, 0.5) is 13.2 Å². The quantitative estimate of drug-likeness (QED) is 0.466. The van der Waals surface area contributed by atoms with Crippen molar-refractivity contribution in [3.8, 4) is 11.4 Å². The number of nitrogens with one attached hydrogen (secondary N) is 1. The molecule has 0 saturated carbocycles. The molecule has 0 unspecified atom stereocenters. The second-order valence-electron chi connectivity index (χ2n) is 6.50. The summed E-state index contributed by atoms with van der Waals surface area (Å²) >= 11 is 6.13. The lowest BCUT2D eigenvalue weighted by Gasteiger charge is -1.98. The summed E-state index contributed by atoms with van der Waals surface area (Å²) in [6, 6.07) is 7.00. The first kappa shape index (κ1) is 22.9. The molecule has 32 heavy (non-hydrogen) atoms. The molecule has 0 spiro atoms. The average molecular weight is 471 g/mol. The van der Waals surface area contributed by atoms with E-state index in [9.17, 15) is 18.0 Å². The number of aromatic amines is 1. The zero-order chi connectivity index (χ0) is 23.6. The number of hydrogen-bond acceptors (Lipinski definition) is 7. The molecular formula is C18H14ClF3N6O4. The number of hydrogen-bond donors (Lipinski definition) is 2. The van der Waals surface area contributed by atoms with Crippen molar-refractivity contribution in [3.05, 3.63) is 62.6 Å². The molecule has 0 fully saturated rings. The molecule has 0 bridgehead atoms. The second kappa shape index (κ2) is 8.78. The minimum Gasteiger partial charge on any atom is -0.475 e. The van der Waals surface area contributed by atoms with Crippen LogP contribution < -0.4 is 5.56 Å². The van der Waals surface area contributed by atoms with Crippen LogP contribution in [0, 0.1) is 13.8 Å². The number of carbonyl (C=O) groups is 1. The van der Waals surface area contributed by atoms with Gasteiger partial charge in [0, 0.05) is 22.3 Å². The van der Waals surface area contributed by atoms with E-state index in [1.165, 1.54) is 10.6 Å². The van der Waals surface area contributed by atoms with E-state index in [2.05, 4.69) is 25.2 Å². The zero-order valence-electron chi connectivity index (χ0n) is 16.4. The molecule has 0 atom stereocenters. The predicted octanol–water partition coefficient (Wildman–Crippen LogP) is 2.96. The SMILES string of the molecule is Cc1cc(=O)n2[nH]c(Cc3nc(-c4ccc(C)c(Cl)c4)no3)nc2n1.O=C(O)C(F)(F)F. The first-order valence-corrected chi connectivity index (χ1v) is 9.16. The summed E-state index contributed by atoms with van der Waals surface area (Å²) in [5, 5.41) is 14.6. The van der Waals surface area contributed by atoms with Crippen LogP contribution in [-0.2, 0) is 11.2 Å². The Balaban J connectivity index is 0.000000360. The van der Waals surface area contributed by atoms with Gasteiger partial charge in [-0.3, -0.25) is 9.89 Å². The Bertz CT molecular complexity index is 1340. The second-order valence-corrected chi connectivity index (χ2v) is 6.90. The van der Waals surface area contributed by atoms with Crippen LogP contribution >= 0.6 is 11.6 Å². The highest BCUT2D eigenvalue weighted by Gasteiger charge is 2.38. The number of aliphatic carboxylic acids is 1. The van der Waals surface area contributed by atoms with Gasteiger partial charge in [-0.2, -0.15) is 27.7 Å². The summed E-state index contributed by atoms with van der Waals surface area (Å²) in [6.07, 6.45) is -4.82. The third-order valence-electron chi connectivity index (χ3n) is 3.96. The highest BCUT2D eigenvalue weighted by molar-refractivity contribution is 6.31. The fraction of sp³-hybridized carbons (Fsp3) is 0.222. The lowest BCUT2D eigenvalue weighted by Crippen LogP contribution is -2.21.